The standard InChI is InChI=1S/C17H15ClN2O2/c1-2-19-16(21)14-8-3-4-9-15(14)20(17(19)22)11-12-6-5-7-13(18)10-12/h3-10H,2,11H2,1H3/p+2. The van der Waals surface area contributed by atoms with Gasteiger partial charge in [-0.25, -0.2) is 0 Å². The molecule has 1 aromatic heterocycles. The minimum Gasteiger partial charge on any atom is -0.459 e. The second kappa shape index (κ2) is 5.81. The van der Waals surface area contributed by atoms with Gasteiger partial charge in [0.25, 0.3) is 0 Å². The van der Waals surface area contributed by atoms with E-state index in [0.29, 0.717) is 23.5 Å². The SMILES string of the molecule is CC[n+]1c(O)c2ccccc2[n+](Cc2cccc(Cl)c2)c1O. The maximum absolute atomic E-state index is 10.5. The second-order valence-corrected chi connectivity index (χ2v) is 5.54. The van der Waals surface area contributed by atoms with E-state index in [1.807, 2.05) is 55.5 Å². The Bertz CT molecular complexity index is 849. The maximum Gasteiger partial charge on any atom is 0.632 e. The fourth-order valence-corrected chi connectivity index (χ4v) is 2.87. The van der Waals surface area contributed by atoms with Crippen molar-refractivity contribution in [2.75, 3.05) is 0 Å². The lowest BCUT2D eigenvalue weighted by Crippen LogP contribution is -2.48. The Hall–Kier alpha value is -2.33. The molecule has 0 amide bonds. The summed E-state index contributed by atoms with van der Waals surface area (Å²) >= 11 is 6.04. The molecule has 112 valence electrons. The van der Waals surface area contributed by atoms with Gasteiger partial charge in [-0.1, -0.05) is 45.0 Å². The average molecular weight is 317 g/mol. The van der Waals surface area contributed by atoms with Crippen LogP contribution < -0.4 is 9.13 Å². The van der Waals surface area contributed by atoms with E-state index in [2.05, 4.69) is 0 Å². The van der Waals surface area contributed by atoms with Crippen LogP contribution in [0.15, 0.2) is 48.5 Å². The molecule has 2 N–H and O–H groups in total. The lowest BCUT2D eigenvalue weighted by atomic mass is 10.2. The van der Waals surface area contributed by atoms with E-state index in [-0.39, 0.29) is 11.9 Å². The second-order valence-electron chi connectivity index (χ2n) is 5.10. The number of nitrogens with zero attached hydrogens (tertiary/aromatic N) is 2. The van der Waals surface area contributed by atoms with Crippen LogP contribution in [-0.4, -0.2) is 10.2 Å². The fraction of sp³-hybridized carbons (Fsp3) is 0.176. The van der Waals surface area contributed by atoms with E-state index >= 15 is 0 Å². The molecule has 2 aromatic carbocycles. The summed E-state index contributed by atoms with van der Waals surface area (Å²) in [5.41, 5.74) is 1.74. The first kappa shape index (κ1) is 14.6. The van der Waals surface area contributed by atoms with Crippen LogP contribution in [0.4, 0.5) is 0 Å². The predicted octanol–water partition coefficient (Wildman–Crippen LogP) is 2.55. The number of aromatic hydroxyl groups is 2. The van der Waals surface area contributed by atoms with Gasteiger partial charge in [0.1, 0.15) is 0 Å². The smallest absolute Gasteiger partial charge is 0.459 e. The van der Waals surface area contributed by atoms with Crippen molar-refractivity contribution in [3.8, 4) is 11.9 Å². The van der Waals surface area contributed by atoms with Gasteiger partial charge in [0.05, 0.1) is 0 Å². The minimum atomic E-state index is 0.0127. The highest BCUT2D eigenvalue weighted by atomic mass is 35.5. The topological polar surface area (TPSA) is 48.2 Å². The zero-order chi connectivity index (χ0) is 15.7. The molecule has 22 heavy (non-hydrogen) atoms. The Kier molecular flexibility index (Phi) is 3.86. The van der Waals surface area contributed by atoms with Gasteiger partial charge in [0.15, 0.2) is 18.5 Å². The van der Waals surface area contributed by atoms with Crippen LogP contribution in [-0.2, 0) is 13.1 Å². The quantitative estimate of drug-likeness (QED) is 0.730. The molecular formula is C17H17ClN2O2+2. The van der Waals surface area contributed by atoms with E-state index in [1.165, 1.54) is 4.57 Å². The van der Waals surface area contributed by atoms with Crippen LogP contribution in [0, 0.1) is 0 Å². The zero-order valence-electron chi connectivity index (χ0n) is 12.2. The van der Waals surface area contributed by atoms with Gasteiger partial charge in [-0.3, -0.25) is 0 Å². The van der Waals surface area contributed by atoms with Crippen molar-refractivity contribution in [3.05, 3.63) is 59.1 Å². The van der Waals surface area contributed by atoms with Crippen molar-refractivity contribution in [3.63, 3.8) is 0 Å². The number of aromatic nitrogens is 2. The minimum absolute atomic E-state index is 0.0127. The molecule has 0 unspecified atom stereocenters. The van der Waals surface area contributed by atoms with Gasteiger partial charge < -0.3 is 10.2 Å². The third-order valence-corrected chi connectivity index (χ3v) is 3.96. The number of hydrogen-bond acceptors (Lipinski definition) is 2. The summed E-state index contributed by atoms with van der Waals surface area (Å²) in [6.07, 6.45) is 0. The highest BCUT2D eigenvalue weighted by molar-refractivity contribution is 6.30. The lowest BCUT2D eigenvalue weighted by Gasteiger charge is -2.04. The summed E-state index contributed by atoms with van der Waals surface area (Å²) in [7, 11) is 0. The molecule has 3 rings (SSSR count). The van der Waals surface area contributed by atoms with Gasteiger partial charge >= 0.3 is 11.9 Å². The van der Waals surface area contributed by atoms with Crippen molar-refractivity contribution in [1.82, 2.24) is 0 Å². The summed E-state index contributed by atoms with van der Waals surface area (Å²) in [6, 6.07) is 15.0. The number of fused-ring (bicyclic) bond motifs is 1. The molecule has 3 aromatic rings. The Morgan fingerprint density at radius 2 is 1.77 bits per heavy atom. The van der Waals surface area contributed by atoms with Gasteiger partial charge in [-0.2, -0.15) is 0 Å². The van der Waals surface area contributed by atoms with Gasteiger partial charge in [0, 0.05) is 16.7 Å². The largest absolute Gasteiger partial charge is 0.632 e. The Morgan fingerprint density at radius 1 is 1.00 bits per heavy atom. The third-order valence-electron chi connectivity index (χ3n) is 3.72. The zero-order valence-corrected chi connectivity index (χ0v) is 13.0. The molecule has 0 aliphatic carbocycles. The molecule has 0 bridgehead atoms. The molecule has 0 saturated heterocycles. The van der Waals surface area contributed by atoms with Crippen molar-refractivity contribution >= 4 is 22.5 Å². The van der Waals surface area contributed by atoms with Gasteiger partial charge in [0.2, 0.25) is 5.52 Å². The van der Waals surface area contributed by atoms with Gasteiger partial charge in [-0.15, -0.1) is 0 Å². The lowest BCUT2D eigenvalue weighted by molar-refractivity contribution is -0.817. The Labute approximate surface area is 133 Å². The molecule has 0 aliphatic rings. The summed E-state index contributed by atoms with van der Waals surface area (Å²) in [6.45, 7) is 2.81. The van der Waals surface area contributed by atoms with E-state index < -0.39 is 0 Å². The maximum atomic E-state index is 10.5. The normalized spacial score (nSPS) is 11.0. The van der Waals surface area contributed by atoms with E-state index in [9.17, 15) is 10.2 Å². The van der Waals surface area contributed by atoms with Crippen LogP contribution in [0.25, 0.3) is 10.9 Å². The first-order valence-corrected chi connectivity index (χ1v) is 7.50. The molecule has 0 radical (unpaired) electrons. The van der Waals surface area contributed by atoms with Crippen molar-refractivity contribution in [1.29, 1.82) is 0 Å². The Morgan fingerprint density at radius 3 is 2.50 bits per heavy atom. The number of benzene rings is 2. The molecule has 0 aliphatic heterocycles. The van der Waals surface area contributed by atoms with E-state index in [0.717, 1.165) is 11.1 Å². The first-order chi connectivity index (χ1) is 10.6. The highest BCUT2D eigenvalue weighted by Crippen LogP contribution is 2.21. The first-order valence-electron chi connectivity index (χ1n) is 7.12. The van der Waals surface area contributed by atoms with Crippen LogP contribution in [0.5, 0.6) is 11.9 Å². The van der Waals surface area contributed by atoms with E-state index in [4.69, 9.17) is 11.6 Å². The molecule has 4 nitrogen and oxygen atoms in total. The summed E-state index contributed by atoms with van der Waals surface area (Å²) in [5.74, 6) is 0.0675. The summed E-state index contributed by atoms with van der Waals surface area (Å²) in [4.78, 5) is 0. The molecular weight excluding hydrogens is 300 g/mol. The van der Waals surface area contributed by atoms with Crippen LogP contribution in [0.1, 0.15) is 12.5 Å². The molecule has 0 spiro atoms. The summed E-state index contributed by atoms with van der Waals surface area (Å²) < 4.78 is 3.25. The number of halogens is 1. The predicted molar refractivity (Wildman–Crippen MR) is 83.9 cm³/mol. The molecule has 0 atom stereocenters. The van der Waals surface area contributed by atoms with Crippen LogP contribution >= 0.6 is 11.6 Å². The van der Waals surface area contributed by atoms with Crippen LogP contribution in [0.2, 0.25) is 5.02 Å². The number of para-hydroxylation sites is 1. The van der Waals surface area contributed by atoms with Gasteiger partial charge in [-0.05, 0) is 25.1 Å². The van der Waals surface area contributed by atoms with Crippen molar-refractivity contribution in [2.24, 2.45) is 0 Å². The average Bonchev–Trinajstić information content (AvgIpc) is 2.52. The molecule has 0 fully saturated rings. The monoisotopic (exact) mass is 316 g/mol. The fourth-order valence-electron chi connectivity index (χ4n) is 2.66. The molecule has 5 heteroatoms. The number of hydrogen-bond donors (Lipinski definition) is 2. The van der Waals surface area contributed by atoms with Crippen LogP contribution in [0.3, 0.4) is 0 Å². The summed E-state index contributed by atoms with van der Waals surface area (Å²) in [5, 5.41) is 22.2. The van der Waals surface area contributed by atoms with Crippen molar-refractivity contribution in [2.45, 2.75) is 20.0 Å². The van der Waals surface area contributed by atoms with Crippen molar-refractivity contribution < 1.29 is 19.3 Å². The third kappa shape index (κ3) is 2.46. The van der Waals surface area contributed by atoms with E-state index in [1.54, 1.807) is 4.57 Å². The molecule has 1 heterocycles. The highest BCUT2D eigenvalue weighted by Gasteiger charge is 2.32. The Balaban J connectivity index is 2.24. The molecule has 0 saturated carbocycles. The number of rotatable bonds is 3.